The molecule has 0 atom stereocenters. The molecule has 0 unspecified atom stereocenters. The molecule has 0 fully saturated rings. The first kappa shape index (κ1) is 17.1. The fourth-order valence-corrected chi connectivity index (χ4v) is 2.53. The highest BCUT2D eigenvalue weighted by molar-refractivity contribution is 6.32. The number of methoxy groups -OCH3 is 1. The minimum atomic E-state index is -1.25. The van der Waals surface area contributed by atoms with E-state index >= 15 is 0 Å². The van der Waals surface area contributed by atoms with Gasteiger partial charge in [0.1, 0.15) is 0 Å². The number of anilines is 1. The van der Waals surface area contributed by atoms with E-state index < -0.39 is 11.8 Å². The molecule has 0 heterocycles. The van der Waals surface area contributed by atoms with Gasteiger partial charge in [-0.05, 0) is 24.3 Å². The van der Waals surface area contributed by atoms with Crippen molar-refractivity contribution < 1.29 is 19.0 Å². The molecule has 0 spiro atoms. The number of nitrogens with two attached hydrogens (primary N) is 1. The Bertz CT molecular complexity index is 806. The van der Waals surface area contributed by atoms with Crippen LogP contribution in [0.15, 0.2) is 36.4 Å². The number of halogens is 3. The van der Waals surface area contributed by atoms with Crippen LogP contribution in [0.1, 0.15) is 11.1 Å². The summed E-state index contributed by atoms with van der Waals surface area (Å²) in [5.41, 5.74) is 6.53. The van der Waals surface area contributed by atoms with Gasteiger partial charge in [-0.15, -0.1) is 0 Å². The summed E-state index contributed by atoms with van der Waals surface area (Å²) in [4.78, 5) is 11.1. The summed E-state index contributed by atoms with van der Waals surface area (Å²) < 4.78 is 19.5. The number of carbonyl (C=O) groups is 1. The second-order valence-corrected chi connectivity index (χ2v) is 5.41. The van der Waals surface area contributed by atoms with Crippen LogP contribution in [-0.4, -0.2) is 18.2 Å². The van der Waals surface area contributed by atoms with Gasteiger partial charge in [-0.3, -0.25) is 0 Å². The highest BCUT2D eigenvalue weighted by atomic mass is 35.5. The van der Waals surface area contributed by atoms with Gasteiger partial charge in [0.25, 0.3) is 0 Å². The quantitative estimate of drug-likeness (QED) is 0.635. The zero-order chi connectivity index (χ0) is 17.1. The third kappa shape index (κ3) is 3.57. The Morgan fingerprint density at radius 1 is 1.26 bits per heavy atom. The molecule has 0 bridgehead atoms. The zero-order valence-corrected chi connectivity index (χ0v) is 13.5. The van der Waals surface area contributed by atoms with E-state index in [-0.39, 0.29) is 27.6 Å². The number of benzene rings is 2. The molecule has 4 nitrogen and oxygen atoms in total. The Balaban J connectivity index is 2.73. The summed E-state index contributed by atoms with van der Waals surface area (Å²) in [5, 5.41) is 9.56. The Morgan fingerprint density at radius 2 is 1.91 bits per heavy atom. The van der Waals surface area contributed by atoms with Gasteiger partial charge in [0.15, 0.2) is 11.6 Å². The van der Waals surface area contributed by atoms with Crippen molar-refractivity contribution in [1.29, 1.82) is 0 Å². The minimum absolute atomic E-state index is 0.00247. The van der Waals surface area contributed by atoms with E-state index in [2.05, 4.69) is 0 Å². The number of hydrogen-bond acceptors (Lipinski definition) is 3. The molecule has 2 aromatic rings. The van der Waals surface area contributed by atoms with E-state index in [1.54, 1.807) is 0 Å². The maximum Gasteiger partial charge on any atom is 0.328 e. The highest BCUT2D eigenvalue weighted by Gasteiger charge is 2.19. The highest BCUT2D eigenvalue weighted by Crippen LogP contribution is 2.37. The van der Waals surface area contributed by atoms with Crippen LogP contribution < -0.4 is 10.5 Å². The van der Waals surface area contributed by atoms with E-state index in [4.69, 9.17) is 38.8 Å². The molecule has 2 aromatic carbocycles. The predicted molar refractivity (Wildman–Crippen MR) is 88.5 cm³/mol. The summed E-state index contributed by atoms with van der Waals surface area (Å²) >= 11 is 11.7. The predicted octanol–water partition coefficient (Wildman–Crippen LogP) is 4.24. The van der Waals surface area contributed by atoms with Crippen molar-refractivity contribution in [2.75, 3.05) is 12.8 Å². The molecule has 0 saturated heterocycles. The normalized spacial score (nSPS) is 11.4. The number of aliphatic carboxylic acids is 1. The fraction of sp³-hybridized carbons (Fsp3) is 0.0625. The Morgan fingerprint density at radius 3 is 2.48 bits per heavy atom. The lowest BCUT2D eigenvalue weighted by molar-refractivity contribution is -0.131. The molecule has 0 aliphatic carbocycles. The molecular formula is C16H12Cl2FNO3. The van der Waals surface area contributed by atoms with E-state index in [1.807, 2.05) is 0 Å². The van der Waals surface area contributed by atoms with Gasteiger partial charge in [0, 0.05) is 33.5 Å². The van der Waals surface area contributed by atoms with Gasteiger partial charge in [-0.1, -0.05) is 29.3 Å². The molecule has 0 aromatic heterocycles. The lowest BCUT2D eigenvalue weighted by Gasteiger charge is -2.14. The SMILES string of the molecule is COc1c(Cl)ccc(/C(=C\C(=O)O)c2ccc(Cl)cc2N)c1F. The van der Waals surface area contributed by atoms with Crippen LogP contribution in [0.25, 0.3) is 5.57 Å². The number of nitrogen functional groups attached to an aromatic ring is 1. The first-order valence-corrected chi connectivity index (χ1v) is 7.13. The second kappa shape index (κ2) is 6.89. The van der Waals surface area contributed by atoms with E-state index in [0.717, 1.165) is 6.08 Å². The maximum atomic E-state index is 14.6. The number of hydrogen-bond donors (Lipinski definition) is 2. The molecular weight excluding hydrogens is 344 g/mol. The summed E-state index contributed by atoms with van der Waals surface area (Å²) in [6.07, 6.45) is 0.866. The molecule has 0 saturated carbocycles. The minimum Gasteiger partial charge on any atom is -0.492 e. The van der Waals surface area contributed by atoms with Crippen LogP contribution >= 0.6 is 23.2 Å². The van der Waals surface area contributed by atoms with Crippen LogP contribution in [-0.2, 0) is 4.79 Å². The third-order valence-electron chi connectivity index (χ3n) is 3.11. The number of rotatable bonds is 4. The summed E-state index contributed by atoms with van der Waals surface area (Å²) in [5.74, 6) is -2.20. The van der Waals surface area contributed by atoms with E-state index in [1.165, 1.54) is 37.4 Å². The van der Waals surface area contributed by atoms with Crippen LogP contribution in [0.3, 0.4) is 0 Å². The van der Waals surface area contributed by atoms with Gasteiger partial charge in [0.2, 0.25) is 0 Å². The van der Waals surface area contributed by atoms with Crippen LogP contribution in [0.4, 0.5) is 10.1 Å². The van der Waals surface area contributed by atoms with Crippen molar-refractivity contribution in [1.82, 2.24) is 0 Å². The topological polar surface area (TPSA) is 72.5 Å². The molecule has 7 heteroatoms. The number of carboxylic acid groups (broad SMARTS) is 1. The molecule has 0 aliphatic rings. The number of carboxylic acids is 1. The van der Waals surface area contributed by atoms with E-state index in [0.29, 0.717) is 10.6 Å². The second-order valence-electron chi connectivity index (χ2n) is 4.57. The molecule has 2 rings (SSSR count). The molecule has 3 N–H and O–H groups in total. The van der Waals surface area contributed by atoms with Crippen molar-refractivity contribution in [3.05, 3.63) is 63.4 Å². The molecule has 0 radical (unpaired) electrons. The van der Waals surface area contributed by atoms with Crippen molar-refractivity contribution >= 4 is 40.4 Å². The van der Waals surface area contributed by atoms with Crippen LogP contribution in [0.2, 0.25) is 10.0 Å². The van der Waals surface area contributed by atoms with Gasteiger partial charge in [-0.25, -0.2) is 9.18 Å². The van der Waals surface area contributed by atoms with Gasteiger partial charge in [-0.2, -0.15) is 0 Å². The van der Waals surface area contributed by atoms with E-state index in [9.17, 15) is 9.18 Å². The molecule has 0 aliphatic heterocycles. The first-order chi connectivity index (χ1) is 10.8. The van der Waals surface area contributed by atoms with Gasteiger partial charge < -0.3 is 15.6 Å². The lowest BCUT2D eigenvalue weighted by atomic mass is 9.95. The monoisotopic (exact) mass is 355 g/mol. The molecule has 120 valence electrons. The maximum absolute atomic E-state index is 14.6. The first-order valence-electron chi connectivity index (χ1n) is 6.37. The average Bonchev–Trinajstić information content (AvgIpc) is 2.46. The standard InChI is InChI=1S/C16H12Cl2FNO3/c1-23-16-12(18)5-4-10(15(16)19)11(7-14(21)22)9-3-2-8(17)6-13(9)20/h2-7H,20H2,1H3,(H,21,22)/b11-7-. The lowest BCUT2D eigenvalue weighted by Crippen LogP contribution is -2.02. The largest absolute Gasteiger partial charge is 0.492 e. The van der Waals surface area contributed by atoms with Crippen molar-refractivity contribution in [3.63, 3.8) is 0 Å². The Kier molecular flexibility index (Phi) is 5.13. The average molecular weight is 356 g/mol. The van der Waals surface area contributed by atoms with Gasteiger partial charge >= 0.3 is 5.97 Å². The smallest absolute Gasteiger partial charge is 0.328 e. The van der Waals surface area contributed by atoms with Crippen LogP contribution in [0.5, 0.6) is 5.75 Å². The van der Waals surface area contributed by atoms with Crippen molar-refractivity contribution in [2.24, 2.45) is 0 Å². The number of ether oxygens (including phenoxy) is 1. The van der Waals surface area contributed by atoms with Crippen molar-refractivity contribution in [2.45, 2.75) is 0 Å². The molecule has 23 heavy (non-hydrogen) atoms. The zero-order valence-electron chi connectivity index (χ0n) is 11.9. The van der Waals surface area contributed by atoms with Gasteiger partial charge in [0.05, 0.1) is 12.1 Å². The fourth-order valence-electron chi connectivity index (χ4n) is 2.13. The summed E-state index contributed by atoms with van der Waals surface area (Å²) in [7, 11) is 1.27. The summed E-state index contributed by atoms with van der Waals surface area (Å²) in [6.45, 7) is 0. The third-order valence-corrected chi connectivity index (χ3v) is 3.65. The summed E-state index contributed by atoms with van der Waals surface area (Å²) in [6, 6.07) is 7.29. The van der Waals surface area contributed by atoms with Crippen molar-refractivity contribution in [3.8, 4) is 5.75 Å². The molecule has 0 amide bonds. The Hall–Kier alpha value is -2.24. The Labute approximate surface area is 141 Å². The van der Waals surface area contributed by atoms with Crippen LogP contribution in [0, 0.1) is 5.82 Å².